The molecule has 0 amide bonds. The van der Waals surface area contributed by atoms with Gasteiger partial charge in [0.05, 0.1) is 12.7 Å². The highest BCUT2D eigenvalue weighted by atomic mass is 16.5. The third-order valence-corrected chi connectivity index (χ3v) is 3.76. The van der Waals surface area contributed by atoms with Crippen LogP contribution in [0.15, 0.2) is 0 Å². The van der Waals surface area contributed by atoms with Gasteiger partial charge in [-0.1, -0.05) is 32.6 Å². The monoisotopic (exact) mass is 243 g/mol. The Morgan fingerprint density at radius 1 is 1.24 bits per heavy atom. The molecule has 0 bridgehead atoms. The smallest absolute Gasteiger partial charge is 0.0611 e. The number of aliphatic hydroxyl groups excluding tert-OH is 1. The average molecular weight is 243 g/mol. The van der Waals surface area contributed by atoms with E-state index in [9.17, 15) is 5.11 Å². The van der Waals surface area contributed by atoms with E-state index in [0.717, 1.165) is 19.6 Å². The molecule has 2 N–H and O–H groups in total. The van der Waals surface area contributed by atoms with E-state index < -0.39 is 0 Å². The molecule has 1 saturated carbocycles. The predicted octanol–water partition coefficient (Wildman–Crippen LogP) is 2.48. The Labute approximate surface area is 106 Å². The summed E-state index contributed by atoms with van der Waals surface area (Å²) in [7, 11) is 0. The first-order valence-electron chi connectivity index (χ1n) is 7.17. The molecule has 1 rings (SSSR count). The molecule has 1 unspecified atom stereocenters. The lowest BCUT2D eigenvalue weighted by molar-refractivity contribution is 0.0233. The fourth-order valence-electron chi connectivity index (χ4n) is 2.51. The Hall–Kier alpha value is -0.120. The van der Waals surface area contributed by atoms with Crippen molar-refractivity contribution in [3.05, 3.63) is 0 Å². The lowest BCUT2D eigenvalue weighted by atomic mass is 9.99. The van der Waals surface area contributed by atoms with Crippen LogP contribution in [-0.2, 0) is 4.74 Å². The van der Waals surface area contributed by atoms with Crippen molar-refractivity contribution >= 4 is 0 Å². The first kappa shape index (κ1) is 14.9. The molecule has 0 aromatic rings. The van der Waals surface area contributed by atoms with Gasteiger partial charge in [-0.2, -0.15) is 0 Å². The molecule has 17 heavy (non-hydrogen) atoms. The van der Waals surface area contributed by atoms with Crippen LogP contribution in [0.4, 0.5) is 0 Å². The molecule has 0 radical (unpaired) electrons. The van der Waals surface area contributed by atoms with Crippen LogP contribution in [0.2, 0.25) is 0 Å². The van der Waals surface area contributed by atoms with Gasteiger partial charge in [0.15, 0.2) is 0 Å². The predicted molar refractivity (Wildman–Crippen MR) is 71.2 cm³/mol. The summed E-state index contributed by atoms with van der Waals surface area (Å²) in [5.41, 5.74) is -0.181. The number of aliphatic hydroxyl groups is 1. The Bertz CT molecular complexity index is 191. The van der Waals surface area contributed by atoms with Gasteiger partial charge in [0, 0.05) is 12.1 Å². The number of hydrogen-bond acceptors (Lipinski definition) is 3. The second kappa shape index (κ2) is 8.06. The average Bonchev–Trinajstić information content (AvgIpc) is 2.58. The molecule has 3 nitrogen and oxygen atoms in total. The molecule has 0 aromatic carbocycles. The van der Waals surface area contributed by atoms with E-state index in [-0.39, 0.29) is 12.1 Å². The molecule has 0 saturated heterocycles. The van der Waals surface area contributed by atoms with E-state index in [2.05, 4.69) is 19.2 Å². The molecule has 1 atom stereocenters. The van der Waals surface area contributed by atoms with Crippen LogP contribution in [0.3, 0.4) is 0 Å². The van der Waals surface area contributed by atoms with Crippen LogP contribution in [0.25, 0.3) is 0 Å². The van der Waals surface area contributed by atoms with Crippen molar-refractivity contribution in [1.29, 1.82) is 0 Å². The summed E-state index contributed by atoms with van der Waals surface area (Å²) in [6, 6.07) is 0. The standard InChI is InChI=1S/C14H29NO2/c1-3-15-14(2,12-16)10-11-17-13-8-6-4-5-7-9-13/h13,15-16H,3-12H2,1-2H3. The summed E-state index contributed by atoms with van der Waals surface area (Å²) in [4.78, 5) is 0. The molecular formula is C14H29NO2. The minimum absolute atomic E-state index is 0.175. The zero-order chi connectivity index (χ0) is 12.6. The normalized spacial score (nSPS) is 22.1. The second-order valence-electron chi connectivity index (χ2n) is 5.48. The quantitative estimate of drug-likeness (QED) is 0.675. The maximum absolute atomic E-state index is 9.38. The molecule has 102 valence electrons. The molecule has 0 aliphatic heterocycles. The molecular weight excluding hydrogens is 214 g/mol. The second-order valence-corrected chi connectivity index (χ2v) is 5.48. The van der Waals surface area contributed by atoms with Crippen molar-refractivity contribution in [3.63, 3.8) is 0 Å². The van der Waals surface area contributed by atoms with Gasteiger partial charge < -0.3 is 15.2 Å². The van der Waals surface area contributed by atoms with Gasteiger partial charge in [-0.3, -0.25) is 0 Å². The third-order valence-electron chi connectivity index (χ3n) is 3.76. The highest BCUT2D eigenvalue weighted by Crippen LogP contribution is 2.20. The Morgan fingerprint density at radius 2 is 1.88 bits per heavy atom. The number of ether oxygens (including phenoxy) is 1. The van der Waals surface area contributed by atoms with E-state index >= 15 is 0 Å². The van der Waals surface area contributed by atoms with E-state index in [1.54, 1.807) is 0 Å². The zero-order valence-electron chi connectivity index (χ0n) is 11.5. The number of rotatable bonds is 7. The number of hydrogen-bond donors (Lipinski definition) is 2. The van der Waals surface area contributed by atoms with Crippen LogP contribution in [0, 0.1) is 0 Å². The minimum Gasteiger partial charge on any atom is -0.394 e. The van der Waals surface area contributed by atoms with Gasteiger partial charge in [0.25, 0.3) is 0 Å². The third kappa shape index (κ3) is 5.84. The summed E-state index contributed by atoms with van der Waals surface area (Å²) >= 11 is 0. The Morgan fingerprint density at radius 3 is 2.41 bits per heavy atom. The van der Waals surface area contributed by atoms with Gasteiger partial charge in [-0.05, 0) is 32.7 Å². The van der Waals surface area contributed by atoms with Crippen molar-refractivity contribution in [1.82, 2.24) is 5.32 Å². The largest absolute Gasteiger partial charge is 0.394 e. The van der Waals surface area contributed by atoms with Gasteiger partial charge in [0.2, 0.25) is 0 Å². The Balaban J connectivity index is 2.20. The topological polar surface area (TPSA) is 41.5 Å². The molecule has 3 heteroatoms. The van der Waals surface area contributed by atoms with E-state index in [1.807, 2.05) is 0 Å². The van der Waals surface area contributed by atoms with Crippen molar-refractivity contribution < 1.29 is 9.84 Å². The summed E-state index contributed by atoms with van der Waals surface area (Å²) in [5, 5.41) is 12.7. The van der Waals surface area contributed by atoms with Crippen molar-refractivity contribution in [2.45, 2.75) is 70.4 Å². The van der Waals surface area contributed by atoms with E-state index in [4.69, 9.17) is 4.74 Å². The van der Waals surface area contributed by atoms with Crippen LogP contribution >= 0.6 is 0 Å². The molecule has 0 spiro atoms. The summed E-state index contributed by atoms with van der Waals surface area (Å²) < 4.78 is 5.96. The van der Waals surface area contributed by atoms with Crippen molar-refractivity contribution in [2.75, 3.05) is 19.8 Å². The van der Waals surface area contributed by atoms with Gasteiger partial charge in [0.1, 0.15) is 0 Å². The molecule has 1 aliphatic rings. The number of nitrogens with one attached hydrogen (secondary N) is 1. The minimum atomic E-state index is -0.181. The maximum atomic E-state index is 9.38. The van der Waals surface area contributed by atoms with Gasteiger partial charge in [-0.15, -0.1) is 0 Å². The van der Waals surface area contributed by atoms with Crippen LogP contribution < -0.4 is 5.32 Å². The first-order chi connectivity index (χ1) is 8.20. The Kier molecular flexibility index (Phi) is 7.09. The van der Waals surface area contributed by atoms with E-state index in [1.165, 1.54) is 38.5 Å². The van der Waals surface area contributed by atoms with E-state index in [0.29, 0.717) is 6.10 Å². The molecule has 0 aromatic heterocycles. The number of likely N-dealkylation sites (N-methyl/N-ethyl adjacent to an activating group) is 1. The van der Waals surface area contributed by atoms with Gasteiger partial charge >= 0.3 is 0 Å². The molecule has 1 aliphatic carbocycles. The van der Waals surface area contributed by atoms with Crippen LogP contribution in [-0.4, -0.2) is 36.5 Å². The highest BCUT2D eigenvalue weighted by Gasteiger charge is 2.22. The fraction of sp³-hybridized carbons (Fsp3) is 1.00. The summed E-state index contributed by atoms with van der Waals surface area (Å²) in [6.45, 7) is 5.96. The van der Waals surface area contributed by atoms with Crippen LogP contribution in [0.1, 0.15) is 58.8 Å². The maximum Gasteiger partial charge on any atom is 0.0611 e. The van der Waals surface area contributed by atoms with Gasteiger partial charge in [-0.25, -0.2) is 0 Å². The lowest BCUT2D eigenvalue weighted by Gasteiger charge is -2.29. The van der Waals surface area contributed by atoms with Crippen LogP contribution in [0.5, 0.6) is 0 Å². The van der Waals surface area contributed by atoms with Crippen molar-refractivity contribution in [3.8, 4) is 0 Å². The highest BCUT2D eigenvalue weighted by molar-refractivity contribution is 4.81. The molecule has 1 fully saturated rings. The summed E-state index contributed by atoms with van der Waals surface area (Å²) in [5.74, 6) is 0. The summed E-state index contributed by atoms with van der Waals surface area (Å²) in [6.07, 6.45) is 9.14. The zero-order valence-corrected chi connectivity index (χ0v) is 11.5. The lowest BCUT2D eigenvalue weighted by Crippen LogP contribution is -2.46. The molecule has 0 heterocycles. The fourth-order valence-corrected chi connectivity index (χ4v) is 2.51. The SMILES string of the molecule is CCNC(C)(CO)CCOC1CCCCCC1. The first-order valence-corrected chi connectivity index (χ1v) is 7.17. The van der Waals surface area contributed by atoms with Crippen molar-refractivity contribution in [2.24, 2.45) is 0 Å².